The van der Waals surface area contributed by atoms with Crippen molar-refractivity contribution in [3.8, 4) is 0 Å². The number of carboxylic acids is 1. The number of carbonyl (C=O) groups is 3. The Kier molecular flexibility index (Phi) is 9.36. The molecule has 0 spiro atoms. The molecule has 3 rings (SSSR count). The highest BCUT2D eigenvalue weighted by Gasteiger charge is 2.63. The van der Waals surface area contributed by atoms with E-state index in [1.54, 1.807) is 45.1 Å². The van der Waals surface area contributed by atoms with Crippen molar-refractivity contribution in [2.24, 2.45) is 23.2 Å². The van der Waals surface area contributed by atoms with Gasteiger partial charge in [0.1, 0.15) is 11.9 Å². The SMILES string of the molecule is CC(/C=C/C=C(\C)[C@H](O)[C@H](C)C(=O)O[C@@H]1C[C@@H](C)C=C2C=C[C@]3(C)O[C@H](O)CC(=O)[C@@]3(C)C21)=C\C=C\C(=O)O. The molecule has 1 unspecified atom stereocenters. The maximum Gasteiger partial charge on any atom is 0.328 e. The fourth-order valence-corrected chi connectivity index (χ4v) is 5.81. The molecule has 0 bridgehead atoms. The zero-order chi connectivity index (χ0) is 29.1. The van der Waals surface area contributed by atoms with Gasteiger partial charge in [-0.1, -0.05) is 61.1 Å². The van der Waals surface area contributed by atoms with Crippen molar-refractivity contribution in [2.75, 3.05) is 0 Å². The minimum Gasteiger partial charge on any atom is -0.478 e. The van der Waals surface area contributed by atoms with E-state index in [2.05, 4.69) is 6.08 Å². The van der Waals surface area contributed by atoms with Crippen LogP contribution in [-0.4, -0.2) is 57.1 Å². The molecule has 3 aliphatic rings. The number of aliphatic hydroxyl groups is 2. The van der Waals surface area contributed by atoms with Crippen LogP contribution in [0.15, 0.2) is 71.4 Å². The fraction of sp³-hybridized carbons (Fsp3) is 0.516. The molecule has 1 heterocycles. The summed E-state index contributed by atoms with van der Waals surface area (Å²) in [5.74, 6) is -2.91. The number of hydrogen-bond acceptors (Lipinski definition) is 7. The highest BCUT2D eigenvalue weighted by Crippen LogP contribution is 2.56. The number of rotatable bonds is 8. The van der Waals surface area contributed by atoms with E-state index in [1.807, 2.05) is 32.9 Å². The minimum absolute atomic E-state index is 0.116. The van der Waals surface area contributed by atoms with E-state index in [1.165, 1.54) is 6.08 Å². The van der Waals surface area contributed by atoms with Crippen molar-refractivity contribution >= 4 is 17.7 Å². The summed E-state index contributed by atoms with van der Waals surface area (Å²) < 4.78 is 11.9. The van der Waals surface area contributed by atoms with Gasteiger partial charge in [0.05, 0.1) is 29.5 Å². The monoisotopic (exact) mass is 540 g/mol. The third-order valence-corrected chi connectivity index (χ3v) is 8.27. The van der Waals surface area contributed by atoms with E-state index >= 15 is 0 Å². The van der Waals surface area contributed by atoms with Gasteiger partial charge in [-0.25, -0.2) is 4.79 Å². The van der Waals surface area contributed by atoms with Crippen LogP contribution in [0.5, 0.6) is 0 Å². The minimum atomic E-state index is -1.19. The summed E-state index contributed by atoms with van der Waals surface area (Å²) in [6.45, 7) is 10.8. The standard InChI is InChI=1S/C31H40O8/c1-18(10-8-12-25(33)34)9-7-11-20(3)28(36)21(4)29(37)38-23-16-19(2)15-22-13-14-30(5)31(6,27(22)23)24(32)17-26(35)39-30/h7-15,19,21,23,26-28,35-36H,16-17H2,1-6H3,(H,33,34)/b9-7+,12-8+,18-10+,20-11+/t19-,21-,23+,26-,27?,28-,30-,31-/m0/s1. The Morgan fingerprint density at radius 1 is 1.18 bits per heavy atom. The summed E-state index contributed by atoms with van der Waals surface area (Å²) in [4.78, 5) is 37.2. The third kappa shape index (κ3) is 6.40. The average Bonchev–Trinajstić information content (AvgIpc) is 2.84. The van der Waals surface area contributed by atoms with Gasteiger partial charge in [-0.3, -0.25) is 9.59 Å². The predicted octanol–water partition coefficient (Wildman–Crippen LogP) is 4.21. The van der Waals surface area contributed by atoms with Gasteiger partial charge in [-0.05, 0) is 58.1 Å². The Hall–Kier alpha value is -3.07. The zero-order valence-electron chi connectivity index (χ0n) is 23.5. The van der Waals surface area contributed by atoms with E-state index in [-0.39, 0.29) is 18.1 Å². The Labute approximate surface area is 230 Å². The highest BCUT2D eigenvalue weighted by molar-refractivity contribution is 5.89. The van der Waals surface area contributed by atoms with Crippen LogP contribution in [0, 0.1) is 23.2 Å². The van der Waals surface area contributed by atoms with Crippen molar-refractivity contribution in [3.05, 3.63) is 71.4 Å². The number of aliphatic hydroxyl groups excluding tert-OH is 2. The quantitative estimate of drug-likeness (QED) is 0.237. The summed E-state index contributed by atoms with van der Waals surface area (Å²) in [7, 11) is 0. The Morgan fingerprint density at radius 2 is 1.85 bits per heavy atom. The molecular weight excluding hydrogens is 500 g/mol. The molecule has 0 aromatic carbocycles. The maximum absolute atomic E-state index is 13.4. The second-order valence-electron chi connectivity index (χ2n) is 11.3. The van der Waals surface area contributed by atoms with Crippen molar-refractivity contribution in [1.82, 2.24) is 0 Å². The zero-order valence-corrected chi connectivity index (χ0v) is 23.5. The Balaban J connectivity index is 1.77. The number of ketones is 1. The first-order chi connectivity index (χ1) is 18.2. The van der Waals surface area contributed by atoms with Crippen molar-refractivity contribution < 1.29 is 39.2 Å². The lowest BCUT2D eigenvalue weighted by Gasteiger charge is -2.56. The molecule has 0 radical (unpaired) electrons. The molecule has 39 heavy (non-hydrogen) atoms. The summed E-state index contributed by atoms with van der Waals surface area (Å²) in [5, 5.41) is 29.7. The van der Waals surface area contributed by atoms with Crippen LogP contribution in [0.1, 0.15) is 54.4 Å². The first-order valence-corrected chi connectivity index (χ1v) is 13.3. The van der Waals surface area contributed by atoms with Gasteiger partial charge < -0.3 is 24.8 Å². The van der Waals surface area contributed by atoms with Gasteiger partial charge in [-0.2, -0.15) is 0 Å². The van der Waals surface area contributed by atoms with Crippen molar-refractivity contribution in [1.29, 1.82) is 0 Å². The molecule has 0 aromatic heterocycles. The van der Waals surface area contributed by atoms with Crippen LogP contribution in [0.25, 0.3) is 0 Å². The lowest BCUT2D eigenvalue weighted by atomic mass is 9.53. The van der Waals surface area contributed by atoms with Crippen molar-refractivity contribution in [3.63, 3.8) is 0 Å². The first-order valence-electron chi connectivity index (χ1n) is 13.3. The molecule has 8 atom stereocenters. The second kappa shape index (κ2) is 12.0. The number of Topliss-reactive ketones (excluding diaryl/α,β-unsaturated/α-hetero) is 1. The van der Waals surface area contributed by atoms with Crippen LogP contribution in [-0.2, 0) is 23.9 Å². The molecule has 0 aromatic rings. The number of fused-ring (bicyclic) bond motifs is 3. The largest absolute Gasteiger partial charge is 0.478 e. The van der Waals surface area contributed by atoms with E-state index < -0.39 is 53.3 Å². The van der Waals surface area contributed by atoms with Crippen LogP contribution >= 0.6 is 0 Å². The molecular formula is C31H40O8. The molecule has 1 fully saturated rings. The van der Waals surface area contributed by atoms with Gasteiger partial charge >= 0.3 is 11.9 Å². The van der Waals surface area contributed by atoms with Crippen LogP contribution < -0.4 is 0 Å². The van der Waals surface area contributed by atoms with Gasteiger partial charge in [0.15, 0.2) is 6.29 Å². The first kappa shape index (κ1) is 30.5. The number of esters is 1. The van der Waals surface area contributed by atoms with Crippen LogP contribution in [0.4, 0.5) is 0 Å². The van der Waals surface area contributed by atoms with E-state index in [0.717, 1.165) is 17.2 Å². The number of aliphatic carboxylic acids is 1. The van der Waals surface area contributed by atoms with Gasteiger partial charge in [0.2, 0.25) is 0 Å². The summed E-state index contributed by atoms with van der Waals surface area (Å²) in [6.07, 6.45) is 12.6. The number of hydrogen-bond donors (Lipinski definition) is 3. The second-order valence-corrected chi connectivity index (χ2v) is 11.3. The molecule has 1 aliphatic heterocycles. The highest BCUT2D eigenvalue weighted by atomic mass is 16.6. The lowest BCUT2D eigenvalue weighted by Crippen LogP contribution is -2.64. The number of ether oxygens (including phenoxy) is 2. The van der Waals surface area contributed by atoms with E-state index in [0.29, 0.717) is 12.0 Å². The van der Waals surface area contributed by atoms with Crippen molar-refractivity contribution in [2.45, 2.75) is 78.5 Å². The molecule has 3 N–H and O–H groups in total. The van der Waals surface area contributed by atoms with Crippen LogP contribution in [0.3, 0.4) is 0 Å². The van der Waals surface area contributed by atoms with E-state index in [4.69, 9.17) is 14.6 Å². The molecule has 0 amide bonds. The third-order valence-electron chi connectivity index (χ3n) is 8.27. The fourth-order valence-electron chi connectivity index (χ4n) is 5.81. The average molecular weight is 541 g/mol. The molecule has 1 saturated heterocycles. The number of allylic oxidation sites excluding steroid dienone is 8. The summed E-state index contributed by atoms with van der Waals surface area (Å²) in [5.41, 5.74) is 0.195. The predicted molar refractivity (Wildman–Crippen MR) is 146 cm³/mol. The van der Waals surface area contributed by atoms with E-state index in [9.17, 15) is 24.6 Å². The maximum atomic E-state index is 13.4. The van der Waals surface area contributed by atoms with Gasteiger partial charge in [0, 0.05) is 12.0 Å². The lowest BCUT2D eigenvalue weighted by molar-refractivity contribution is -0.242. The molecule has 2 aliphatic carbocycles. The number of carbonyl (C=O) groups excluding carboxylic acids is 2. The molecule has 212 valence electrons. The molecule has 8 nitrogen and oxygen atoms in total. The van der Waals surface area contributed by atoms with Gasteiger partial charge in [-0.15, -0.1) is 0 Å². The normalized spacial score (nSPS) is 34.9. The topological polar surface area (TPSA) is 130 Å². The summed E-state index contributed by atoms with van der Waals surface area (Å²) >= 11 is 0. The van der Waals surface area contributed by atoms with Gasteiger partial charge in [0.25, 0.3) is 0 Å². The Morgan fingerprint density at radius 3 is 2.51 bits per heavy atom. The smallest absolute Gasteiger partial charge is 0.328 e. The summed E-state index contributed by atoms with van der Waals surface area (Å²) in [6, 6.07) is 0. The molecule has 0 saturated carbocycles. The van der Waals surface area contributed by atoms with Crippen LogP contribution in [0.2, 0.25) is 0 Å². The Bertz CT molecular complexity index is 1170. The molecule has 8 heteroatoms. The number of carboxylic acid groups (broad SMARTS) is 1.